The molecule has 0 unspecified atom stereocenters. The maximum absolute atomic E-state index is 12.2. The fourth-order valence-electron chi connectivity index (χ4n) is 1.39. The third-order valence-electron chi connectivity index (χ3n) is 2.17. The lowest BCUT2D eigenvalue weighted by atomic mass is 10.4. The number of nitrogens with zero attached hydrogens (tertiary/aromatic N) is 2. The van der Waals surface area contributed by atoms with Gasteiger partial charge in [0.05, 0.1) is 6.20 Å². The first-order valence-corrected chi connectivity index (χ1v) is 7.63. The molecule has 0 bridgehead atoms. The molecule has 7 heteroatoms. The summed E-state index contributed by atoms with van der Waals surface area (Å²) in [7, 11) is -3.41. The van der Waals surface area contributed by atoms with Gasteiger partial charge in [0.1, 0.15) is 4.90 Å². The topological polar surface area (TPSA) is 66.1 Å². The summed E-state index contributed by atoms with van der Waals surface area (Å²) in [4.78, 5) is 0.218. The number of H-pyrrole nitrogens is 1. The number of rotatable bonds is 6. The first kappa shape index (κ1) is 13.7. The van der Waals surface area contributed by atoms with Crippen molar-refractivity contribution in [2.45, 2.75) is 31.2 Å². The van der Waals surface area contributed by atoms with Gasteiger partial charge in [0.15, 0.2) is 0 Å². The first-order chi connectivity index (χ1) is 7.50. The molecule has 0 amide bonds. The quantitative estimate of drug-likeness (QED) is 0.812. The van der Waals surface area contributed by atoms with Crippen LogP contribution < -0.4 is 0 Å². The van der Waals surface area contributed by atoms with Crippen molar-refractivity contribution in [2.24, 2.45) is 0 Å². The van der Waals surface area contributed by atoms with E-state index in [9.17, 15) is 8.42 Å². The van der Waals surface area contributed by atoms with Gasteiger partial charge in [0.25, 0.3) is 0 Å². The summed E-state index contributed by atoms with van der Waals surface area (Å²) in [6.45, 7) is 4.24. The molecule has 0 saturated heterocycles. The van der Waals surface area contributed by atoms with Crippen LogP contribution in [0.4, 0.5) is 0 Å². The summed E-state index contributed by atoms with van der Waals surface area (Å²) in [6, 6.07) is -0.0565. The van der Waals surface area contributed by atoms with Crippen LogP contribution in [0.5, 0.6) is 0 Å². The van der Waals surface area contributed by atoms with Crippen LogP contribution in [0, 0.1) is 0 Å². The van der Waals surface area contributed by atoms with Gasteiger partial charge < -0.3 is 0 Å². The molecule has 1 heterocycles. The van der Waals surface area contributed by atoms with Crippen LogP contribution in [-0.4, -0.2) is 40.8 Å². The minimum atomic E-state index is -3.41. The molecule has 92 valence electrons. The zero-order chi connectivity index (χ0) is 12.2. The van der Waals surface area contributed by atoms with Crippen LogP contribution in [0.1, 0.15) is 20.3 Å². The Labute approximate surface area is 104 Å². The fourth-order valence-corrected chi connectivity index (χ4v) is 3.22. The number of hydrogen-bond donors (Lipinski definition) is 1. The molecule has 0 fully saturated rings. The summed E-state index contributed by atoms with van der Waals surface area (Å²) in [5.41, 5.74) is 0. The Balaban J connectivity index is 2.94. The number of aromatic nitrogens is 2. The minimum Gasteiger partial charge on any atom is -0.284 e. The Morgan fingerprint density at radius 2 is 2.25 bits per heavy atom. The van der Waals surface area contributed by atoms with Crippen molar-refractivity contribution in [1.29, 1.82) is 0 Å². The third kappa shape index (κ3) is 3.05. The van der Waals surface area contributed by atoms with Crippen LogP contribution in [-0.2, 0) is 10.0 Å². The van der Waals surface area contributed by atoms with E-state index in [1.54, 1.807) is 0 Å². The van der Waals surface area contributed by atoms with E-state index in [0.717, 1.165) is 11.8 Å². The molecule has 1 aromatic rings. The average molecular weight is 310 g/mol. The molecule has 0 aliphatic heterocycles. The lowest BCUT2D eigenvalue weighted by molar-refractivity contribution is 0.355. The van der Waals surface area contributed by atoms with E-state index >= 15 is 0 Å². The molecule has 1 N–H and O–H groups in total. The second kappa shape index (κ2) is 5.79. The number of alkyl halides is 1. The Morgan fingerprint density at radius 1 is 1.56 bits per heavy atom. The van der Waals surface area contributed by atoms with Crippen LogP contribution >= 0.6 is 15.9 Å². The molecular formula is C9H16BrN3O2S. The van der Waals surface area contributed by atoms with E-state index in [0.29, 0.717) is 6.54 Å². The Morgan fingerprint density at radius 3 is 2.69 bits per heavy atom. The molecule has 0 radical (unpaired) electrons. The highest BCUT2D eigenvalue weighted by Gasteiger charge is 2.27. The van der Waals surface area contributed by atoms with Crippen molar-refractivity contribution in [3.8, 4) is 0 Å². The van der Waals surface area contributed by atoms with E-state index in [1.807, 2.05) is 13.8 Å². The normalized spacial score (nSPS) is 12.6. The van der Waals surface area contributed by atoms with Crippen molar-refractivity contribution in [2.75, 3.05) is 11.9 Å². The number of sulfonamides is 1. The maximum atomic E-state index is 12.2. The standard InChI is InChI=1S/C9H16BrN3O2S/c1-8(2)13(5-3-4-10)16(14,15)9-6-11-12-7-9/h6-8H,3-5H2,1-2H3,(H,11,12). The van der Waals surface area contributed by atoms with E-state index in [-0.39, 0.29) is 10.9 Å². The molecule has 0 aliphatic rings. The van der Waals surface area contributed by atoms with Gasteiger partial charge in [-0.2, -0.15) is 9.40 Å². The van der Waals surface area contributed by atoms with Crippen molar-refractivity contribution >= 4 is 26.0 Å². The number of halogens is 1. The lowest BCUT2D eigenvalue weighted by Gasteiger charge is -2.24. The zero-order valence-corrected chi connectivity index (χ0v) is 11.8. The van der Waals surface area contributed by atoms with E-state index in [2.05, 4.69) is 26.1 Å². The second-order valence-corrected chi connectivity index (χ2v) is 6.37. The van der Waals surface area contributed by atoms with Crippen LogP contribution in [0.25, 0.3) is 0 Å². The molecule has 5 nitrogen and oxygen atoms in total. The van der Waals surface area contributed by atoms with Gasteiger partial charge in [-0.15, -0.1) is 0 Å². The molecule has 0 atom stereocenters. The number of hydrogen-bond acceptors (Lipinski definition) is 3. The van der Waals surface area contributed by atoms with E-state index in [4.69, 9.17) is 0 Å². The Hall–Kier alpha value is -0.400. The van der Waals surface area contributed by atoms with Gasteiger partial charge in [0.2, 0.25) is 10.0 Å². The van der Waals surface area contributed by atoms with Crippen LogP contribution in [0.15, 0.2) is 17.3 Å². The van der Waals surface area contributed by atoms with Crippen molar-refractivity contribution in [1.82, 2.24) is 14.5 Å². The minimum absolute atomic E-state index is 0.0565. The number of nitrogens with one attached hydrogen (secondary N) is 1. The van der Waals surface area contributed by atoms with E-state index in [1.165, 1.54) is 16.7 Å². The monoisotopic (exact) mass is 309 g/mol. The smallest absolute Gasteiger partial charge is 0.246 e. The molecule has 0 aliphatic carbocycles. The average Bonchev–Trinajstić information content (AvgIpc) is 2.70. The van der Waals surface area contributed by atoms with Gasteiger partial charge >= 0.3 is 0 Å². The van der Waals surface area contributed by atoms with Gasteiger partial charge in [-0.05, 0) is 20.3 Å². The van der Waals surface area contributed by atoms with Crippen molar-refractivity contribution in [3.05, 3.63) is 12.4 Å². The van der Waals surface area contributed by atoms with Gasteiger partial charge in [-0.1, -0.05) is 15.9 Å². The van der Waals surface area contributed by atoms with Crippen LogP contribution in [0.2, 0.25) is 0 Å². The molecule has 1 rings (SSSR count). The highest BCUT2D eigenvalue weighted by Crippen LogP contribution is 2.17. The number of aromatic amines is 1. The Kier molecular flexibility index (Phi) is 4.94. The summed E-state index contributed by atoms with van der Waals surface area (Å²) in [6.07, 6.45) is 3.52. The largest absolute Gasteiger partial charge is 0.284 e. The highest BCUT2D eigenvalue weighted by molar-refractivity contribution is 9.09. The van der Waals surface area contributed by atoms with Gasteiger partial charge in [0, 0.05) is 24.1 Å². The van der Waals surface area contributed by atoms with E-state index < -0.39 is 10.0 Å². The molecule has 16 heavy (non-hydrogen) atoms. The first-order valence-electron chi connectivity index (χ1n) is 5.06. The maximum Gasteiger partial charge on any atom is 0.246 e. The summed E-state index contributed by atoms with van der Waals surface area (Å²) >= 11 is 3.30. The third-order valence-corrected chi connectivity index (χ3v) is 4.77. The molecule has 0 saturated carbocycles. The molecule has 1 aromatic heterocycles. The zero-order valence-electron chi connectivity index (χ0n) is 9.35. The summed E-state index contributed by atoms with van der Waals surface area (Å²) in [5, 5.41) is 6.98. The SMILES string of the molecule is CC(C)N(CCCBr)S(=O)(=O)c1cn[nH]c1. The van der Waals surface area contributed by atoms with Crippen LogP contribution in [0.3, 0.4) is 0 Å². The fraction of sp³-hybridized carbons (Fsp3) is 0.667. The molecule has 0 spiro atoms. The lowest BCUT2D eigenvalue weighted by Crippen LogP contribution is -2.37. The summed E-state index contributed by atoms with van der Waals surface area (Å²) < 4.78 is 25.9. The van der Waals surface area contributed by atoms with Crippen molar-refractivity contribution in [3.63, 3.8) is 0 Å². The highest BCUT2D eigenvalue weighted by atomic mass is 79.9. The van der Waals surface area contributed by atoms with Gasteiger partial charge in [-0.25, -0.2) is 8.42 Å². The van der Waals surface area contributed by atoms with Gasteiger partial charge in [-0.3, -0.25) is 5.10 Å². The summed E-state index contributed by atoms with van der Waals surface area (Å²) in [5.74, 6) is 0. The second-order valence-electron chi connectivity index (χ2n) is 3.69. The predicted molar refractivity (Wildman–Crippen MR) is 66.0 cm³/mol. The molecular weight excluding hydrogens is 294 g/mol. The molecule has 0 aromatic carbocycles. The Bertz CT molecular complexity index is 402. The van der Waals surface area contributed by atoms with Crippen molar-refractivity contribution < 1.29 is 8.42 Å². The predicted octanol–water partition coefficient (Wildman–Crippen LogP) is 1.59.